The second-order valence-corrected chi connectivity index (χ2v) is 7.90. The van der Waals surface area contributed by atoms with Gasteiger partial charge in [0.25, 0.3) is 0 Å². The molecule has 13 heteroatoms. The highest BCUT2D eigenvalue weighted by molar-refractivity contribution is 9.10. The highest BCUT2D eigenvalue weighted by Crippen LogP contribution is 2.34. The van der Waals surface area contributed by atoms with Crippen LogP contribution in [0.4, 0.5) is 18.9 Å². The number of ether oxygens (including phenoxy) is 1. The molecule has 0 saturated heterocycles. The molecule has 0 fully saturated rings. The fourth-order valence-corrected chi connectivity index (χ4v) is 4.07. The van der Waals surface area contributed by atoms with E-state index in [1.165, 1.54) is 18.2 Å². The normalized spacial score (nSPS) is 11.5. The predicted octanol–water partition coefficient (Wildman–Crippen LogP) is 5.40. The van der Waals surface area contributed by atoms with Crippen LogP contribution in [0.2, 0.25) is 5.02 Å². The van der Waals surface area contributed by atoms with Crippen molar-refractivity contribution in [2.75, 3.05) is 7.11 Å². The van der Waals surface area contributed by atoms with E-state index in [0.717, 1.165) is 24.1 Å². The summed E-state index contributed by atoms with van der Waals surface area (Å²) in [6.07, 6.45) is -3.49. The first kappa shape index (κ1) is 24.6. The molecule has 0 N–H and O–H groups in total. The average Bonchev–Trinajstić information content (AvgIpc) is 3.25. The Bertz CT molecular complexity index is 1300. The quantitative estimate of drug-likeness (QED) is 0.304. The molecule has 0 saturated carbocycles. The number of hydrogen-bond acceptors (Lipinski definition) is 6. The lowest BCUT2D eigenvalue weighted by atomic mass is 10.0. The molecule has 3 rings (SSSR count). The van der Waals surface area contributed by atoms with Crippen molar-refractivity contribution in [3.05, 3.63) is 72.0 Å². The number of carbonyl (C=O) groups is 1. The molecule has 174 valence electrons. The van der Waals surface area contributed by atoms with Crippen LogP contribution in [0.15, 0.2) is 44.9 Å². The van der Waals surface area contributed by atoms with Crippen molar-refractivity contribution < 1.29 is 22.7 Å². The molecule has 0 aliphatic heterocycles. The van der Waals surface area contributed by atoms with Gasteiger partial charge in [-0.1, -0.05) is 17.7 Å². The molecule has 0 atom stereocenters. The minimum atomic E-state index is -4.63. The van der Waals surface area contributed by atoms with Crippen LogP contribution in [0.25, 0.3) is 11.3 Å². The van der Waals surface area contributed by atoms with Gasteiger partial charge >= 0.3 is 12.1 Å². The Kier molecular flexibility index (Phi) is 7.08. The fraction of sp³-hybridized carbons (Fsp3) is 0.250. The number of rotatable bonds is 6. The topological polar surface area (TPSA) is 95.6 Å². The van der Waals surface area contributed by atoms with E-state index in [-0.39, 0.29) is 45.2 Å². The van der Waals surface area contributed by atoms with Crippen molar-refractivity contribution >= 4 is 39.2 Å². The minimum absolute atomic E-state index is 0.0141. The lowest BCUT2D eigenvalue weighted by molar-refractivity contribution is -0.141. The molecule has 0 aliphatic carbocycles. The molecule has 0 spiro atoms. The number of hydrogen-bond donors (Lipinski definition) is 0. The number of benzene rings is 1. The maximum atomic E-state index is 13.1. The number of halogens is 5. The van der Waals surface area contributed by atoms with Crippen LogP contribution in [0.1, 0.15) is 28.7 Å². The summed E-state index contributed by atoms with van der Waals surface area (Å²) in [5, 5.41) is 6.31. The lowest BCUT2D eigenvalue weighted by Crippen LogP contribution is -2.27. The first-order chi connectivity index (χ1) is 15.5. The molecule has 33 heavy (non-hydrogen) atoms. The van der Waals surface area contributed by atoms with Crippen molar-refractivity contribution in [2.24, 2.45) is 5.18 Å². The van der Waals surface area contributed by atoms with Crippen LogP contribution in [-0.4, -0.2) is 27.4 Å². The van der Waals surface area contributed by atoms with E-state index in [2.05, 4.69) is 26.2 Å². The zero-order valence-electron chi connectivity index (χ0n) is 17.1. The van der Waals surface area contributed by atoms with Gasteiger partial charge < -0.3 is 9.30 Å². The third kappa shape index (κ3) is 4.71. The molecular formula is C20H15BrClF3N4O4. The third-order valence-electron chi connectivity index (χ3n) is 4.78. The van der Waals surface area contributed by atoms with Gasteiger partial charge in [0, 0.05) is 18.3 Å². The van der Waals surface area contributed by atoms with Crippen LogP contribution in [0.5, 0.6) is 0 Å². The highest BCUT2D eigenvalue weighted by Gasteiger charge is 2.34. The molecule has 3 aromatic rings. The average molecular weight is 548 g/mol. The number of methoxy groups -OCH3 is 1. The lowest BCUT2D eigenvalue weighted by Gasteiger charge is -2.22. The van der Waals surface area contributed by atoms with Gasteiger partial charge in [-0.3, -0.25) is 9.48 Å². The van der Waals surface area contributed by atoms with Crippen LogP contribution >= 0.6 is 27.5 Å². The van der Waals surface area contributed by atoms with Crippen molar-refractivity contribution in [3.8, 4) is 11.3 Å². The van der Waals surface area contributed by atoms with E-state index in [4.69, 9.17) is 16.3 Å². The first-order valence-corrected chi connectivity index (χ1v) is 10.5. The number of alkyl halides is 3. The van der Waals surface area contributed by atoms with Gasteiger partial charge in [0.15, 0.2) is 5.69 Å². The second kappa shape index (κ2) is 9.48. The standard InChI is InChI=1S/C20H15BrClF3N4O4/c1-3-29-13(9-28-7-6-14(26-28)20(23,24)25)16(21)18(30)15(19(31)33-2)17(29)10-4-5-12(27-32)11(22)8-10/h4-8H,3,9H2,1-2H3. The van der Waals surface area contributed by atoms with E-state index >= 15 is 0 Å². The van der Waals surface area contributed by atoms with Crippen molar-refractivity contribution in [3.63, 3.8) is 0 Å². The Hall–Kier alpha value is -2.99. The van der Waals surface area contributed by atoms with Gasteiger partial charge in [0.05, 0.1) is 34.5 Å². The van der Waals surface area contributed by atoms with E-state index in [1.54, 1.807) is 11.5 Å². The fourth-order valence-electron chi connectivity index (χ4n) is 3.31. The summed E-state index contributed by atoms with van der Waals surface area (Å²) in [6.45, 7) is 1.72. The maximum absolute atomic E-state index is 13.1. The summed E-state index contributed by atoms with van der Waals surface area (Å²) in [4.78, 5) is 36.6. The molecule has 0 aliphatic rings. The Morgan fingerprint density at radius 3 is 2.52 bits per heavy atom. The van der Waals surface area contributed by atoms with E-state index in [1.807, 2.05) is 0 Å². The van der Waals surface area contributed by atoms with Crippen molar-refractivity contribution in [1.82, 2.24) is 14.3 Å². The molecule has 0 unspecified atom stereocenters. The number of carbonyl (C=O) groups excluding carboxylic acids is 1. The van der Waals surface area contributed by atoms with E-state index in [0.29, 0.717) is 5.56 Å². The molecule has 0 radical (unpaired) electrons. The van der Waals surface area contributed by atoms with Crippen LogP contribution < -0.4 is 5.43 Å². The Labute approximate surface area is 198 Å². The number of nitrogens with zero attached hydrogens (tertiary/aromatic N) is 4. The van der Waals surface area contributed by atoms with Gasteiger partial charge in [-0.2, -0.15) is 18.3 Å². The smallest absolute Gasteiger partial charge is 0.435 e. The largest absolute Gasteiger partial charge is 0.465 e. The SMILES string of the molecule is CCn1c(Cn2ccc(C(F)(F)F)n2)c(Br)c(=O)c(C(=O)OC)c1-c1ccc(N=O)c(Cl)c1. The molecular weight excluding hydrogens is 533 g/mol. The zero-order chi connectivity index (χ0) is 24.5. The van der Waals surface area contributed by atoms with Crippen LogP contribution in [0, 0.1) is 4.91 Å². The number of nitroso groups, excluding NO2 is 1. The van der Waals surface area contributed by atoms with Crippen molar-refractivity contribution in [1.29, 1.82) is 0 Å². The van der Waals surface area contributed by atoms with Gasteiger partial charge in [0.1, 0.15) is 11.3 Å². The van der Waals surface area contributed by atoms with Gasteiger partial charge in [0.2, 0.25) is 5.43 Å². The Morgan fingerprint density at radius 2 is 2.00 bits per heavy atom. The number of esters is 1. The van der Waals surface area contributed by atoms with Gasteiger partial charge in [-0.25, -0.2) is 4.79 Å². The molecule has 8 nitrogen and oxygen atoms in total. The van der Waals surface area contributed by atoms with Crippen molar-refractivity contribution in [2.45, 2.75) is 26.2 Å². The third-order valence-corrected chi connectivity index (χ3v) is 5.90. The summed E-state index contributed by atoms with van der Waals surface area (Å²) < 4.78 is 46.2. The van der Waals surface area contributed by atoms with Crippen LogP contribution in [0.3, 0.4) is 0 Å². The van der Waals surface area contributed by atoms with Crippen LogP contribution in [-0.2, 0) is 24.0 Å². The minimum Gasteiger partial charge on any atom is -0.465 e. The summed E-state index contributed by atoms with van der Waals surface area (Å²) in [5.74, 6) is -0.920. The Morgan fingerprint density at radius 1 is 1.30 bits per heavy atom. The first-order valence-electron chi connectivity index (χ1n) is 9.30. The molecule has 0 bridgehead atoms. The van der Waals surface area contributed by atoms with Gasteiger partial charge in [-0.05, 0) is 46.2 Å². The van der Waals surface area contributed by atoms with E-state index in [9.17, 15) is 27.7 Å². The van der Waals surface area contributed by atoms with Gasteiger partial charge in [-0.15, -0.1) is 4.91 Å². The summed E-state index contributed by atoms with van der Waals surface area (Å²) in [6, 6.07) is 4.94. The summed E-state index contributed by atoms with van der Waals surface area (Å²) in [7, 11) is 1.11. The molecule has 0 amide bonds. The van der Waals surface area contributed by atoms with E-state index < -0.39 is 23.3 Å². The molecule has 1 aromatic carbocycles. The monoisotopic (exact) mass is 546 g/mol. The summed E-state index contributed by atoms with van der Waals surface area (Å²) in [5.41, 5.74) is -1.48. The number of aromatic nitrogens is 3. The number of pyridine rings is 1. The highest BCUT2D eigenvalue weighted by atomic mass is 79.9. The molecule has 2 aromatic heterocycles. The Balaban J connectivity index is 2.31. The summed E-state index contributed by atoms with van der Waals surface area (Å²) >= 11 is 9.28. The zero-order valence-corrected chi connectivity index (χ0v) is 19.5. The molecule has 2 heterocycles. The predicted molar refractivity (Wildman–Crippen MR) is 118 cm³/mol. The second-order valence-electron chi connectivity index (χ2n) is 6.70. The maximum Gasteiger partial charge on any atom is 0.435 e.